The van der Waals surface area contributed by atoms with Gasteiger partial charge in [0.25, 0.3) is 0 Å². The Morgan fingerprint density at radius 2 is 2.31 bits per heavy atom. The van der Waals surface area contributed by atoms with Gasteiger partial charge >= 0.3 is 0 Å². The molecule has 0 spiro atoms. The highest BCUT2D eigenvalue weighted by Crippen LogP contribution is 2.16. The van der Waals surface area contributed by atoms with E-state index in [4.69, 9.17) is 5.73 Å². The highest BCUT2D eigenvalue weighted by molar-refractivity contribution is 5.95. The molecule has 0 bridgehead atoms. The summed E-state index contributed by atoms with van der Waals surface area (Å²) in [4.78, 5) is 14.6. The van der Waals surface area contributed by atoms with Gasteiger partial charge in [0, 0.05) is 18.3 Å². The van der Waals surface area contributed by atoms with Crippen LogP contribution in [0.1, 0.15) is 36.2 Å². The van der Waals surface area contributed by atoms with Gasteiger partial charge in [-0.25, -0.2) is 0 Å². The van der Waals surface area contributed by atoms with E-state index in [9.17, 15) is 4.79 Å². The van der Waals surface area contributed by atoms with Crippen LogP contribution in [0.5, 0.6) is 0 Å². The molecule has 1 aromatic heterocycles. The van der Waals surface area contributed by atoms with Gasteiger partial charge in [0.05, 0.1) is 12.2 Å². The standard InChI is InChI=1S/C12H19N3O/c13-9-4-1-2-5-10(9)15-8-12(16)11-6-3-7-14-11/h3,6-7,9-10,14-15H,1-2,4-5,8,13H2. The van der Waals surface area contributed by atoms with Crippen LogP contribution in [0.4, 0.5) is 0 Å². The number of carbonyl (C=O) groups excluding carboxylic acids is 1. The van der Waals surface area contributed by atoms with E-state index in [1.54, 1.807) is 12.3 Å². The Labute approximate surface area is 95.6 Å². The normalized spacial score (nSPS) is 25.6. The molecule has 4 heteroatoms. The predicted octanol–water partition coefficient (Wildman–Crippen LogP) is 1.06. The quantitative estimate of drug-likeness (QED) is 0.666. The maximum Gasteiger partial charge on any atom is 0.192 e. The fraction of sp³-hybridized carbons (Fsp3) is 0.583. The van der Waals surface area contributed by atoms with E-state index in [1.165, 1.54) is 12.8 Å². The van der Waals surface area contributed by atoms with Crippen LogP contribution in [0.2, 0.25) is 0 Å². The van der Waals surface area contributed by atoms with Crippen molar-refractivity contribution < 1.29 is 4.79 Å². The molecule has 4 nitrogen and oxygen atoms in total. The molecule has 4 N–H and O–H groups in total. The molecule has 1 aromatic rings. The number of nitrogens with one attached hydrogen (secondary N) is 2. The zero-order valence-electron chi connectivity index (χ0n) is 9.41. The third-order valence-corrected chi connectivity index (χ3v) is 3.24. The molecule has 16 heavy (non-hydrogen) atoms. The minimum absolute atomic E-state index is 0.0998. The SMILES string of the molecule is NC1CCCCC1NCC(=O)c1ccc[nH]1. The smallest absolute Gasteiger partial charge is 0.192 e. The van der Waals surface area contributed by atoms with E-state index in [0.717, 1.165) is 12.8 Å². The minimum Gasteiger partial charge on any atom is -0.359 e. The lowest BCUT2D eigenvalue weighted by Crippen LogP contribution is -2.48. The van der Waals surface area contributed by atoms with Crippen molar-refractivity contribution >= 4 is 5.78 Å². The Kier molecular flexibility index (Phi) is 3.74. The Morgan fingerprint density at radius 1 is 1.50 bits per heavy atom. The van der Waals surface area contributed by atoms with Crippen molar-refractivity contribution in [1.29, 1.82) is 0 Å². The zero-order chi connectivity index (χ0) is 11.4. The summed E-state index contributed by atoms with van der Waals surface area (Å²) in [5.74, 6) is 0.0998. The molecule has 1 aliphatic carbocycles. The summed E-state index contributed by atoms with van der Waals surface area (Å²) in [6.45, 7) is 0.374. The maximum absolute atomic E-state index is 11.7. The summed E-state index contributed by atoms with van der Waals surface area (Å²) in [5, 5.41) is 3.26. The molecule has 2 rings (SSSR count). The number of aromatic nitrogens is 1. The van der Waals surface area contributed by atoms with Gasteiger partial charge in [0.1, 0.15) is 0 Å². The van der Waals surface area contributed by atoms with Gasteiger partial charge < -0.3 is 16.0 Å². The molecule has 0 saturated heterocycles. The third-order valence-electron chi connectivity index (χ3n) is 3.24. The molecule has 0 aliphatic heterocycles. The molecule has 0 amide bonds. The van der Waals surface area contributed by atoms with Crippen LogP contribution < -0.4 is 11.1 Å². The molecule has 2 atom stereocenters. The Balaban J connectivity index is 1.80. The fourth-order valence-corrected chi connectivity index (χ4v) is 2.24. The lowest BCUT2D eigenvalue weighted by Gasteiger charge is -2.29. The molecule has 88 valence electrons. The van der Waals surface area contributed by atoms with Crippen molar-refractivity contribution in [3.8, 4) is 0 Å². The molecule has 0 radical (unpaired) electrons. The van der Waals surface area contributed by atoms with Crippen molar-refractivity contribution in [1.82, 2.24) is 10.3 Å². The van der Waals surface area contributed by atoms with Crippen LogP contribution in [0.15, 0.2) is 18.3 Å². The van der Waals surface area contributed by atoms with Crippen LogP contribution in [0.3, 0.4) is 0 Å². The van der Waals surface area contributed by atoms with Gasteiger partial charge in [-0.05, 0) is 25.0 Å². The van der Waals surface area contributed by atoms with Crippen LogP contribution in [-0.4, -0.2) is 29.4 Å². The second-order valence-corrected chi connectivity index (χ2v) is 4.44. The van der Waals surface area contributed by atoms with Crippen molar-refractivity contribution in [2.45, 2.75) is 37.8 Å². The molecule has 1 aliphatic rings. The first-order valence-electron chi connectivity index (χ1n) is 5.93. The first-order valence-corrected chi connectivity index (χ1v) is 5.93. The number of nitrogens with two attached hydrogens (primary N) is 1. The summed E-state index contributed by atoms with van der Waals surface area (Å²) in [6, 6.07) is 4.13. The van der Waals surface area contributed by atoms with Gasteiger partial charge in [-0.1, -0.05) is 12.8 Å². The monoisotopic (exact) mass is 221 g/mol. The van der Waals surface area contributed by atoms with Gasteiger partial charge in [0.15, 0.2) is 5.78 Å². The Bertz CT molecular complexity index is 334. The first-order chi connectivity index (χ1) is 7.77. The Hall–Kier alpha value is -1.13. The number of H-pyrrole nitrogens is 1. The summed E-state index contributed by atoms with van der Waals surface area (Å²) >= 11 is 0. The average molecular weight is 221 g/mol. The summed E-state index contributed by atoms with van der Waals surface area (Å²) in [5.41, 5.74) is 6.67. The van der Waals surface area contributed by atoms with Gasteiger partial charge in [0.2, 0.25) is 0 Å². The third kappa shape index (κ3) is 2.71. The highest BCUT2D eigenvalue weighted by atomic mass is 16.1. The van der Waals surface area contributed by atoms with E-state index >= 15 is 0 Å². The Morgan fingerprint density at radius 3 is 3.00 bits per heavy atom. The largest absolute Gasteiger partial charge is 0.359 e. The average Bonchev–Trinajstić information content (AvgIpc) is 2.81. The second-order valence-electron chi connectivity index (χ2n) is 4.44. The molecule has 2 unspecified atom stereocenters. The van der Waals surface area contributed by atoms with Crippen molar-refractivity contribution in [3.05, 3.63) is 24.0 Å². The predicted molar refractivity (Wildman–Crippen MR) is 63.4 cm³/mol. The molecule has 0 aromatic carbocycles. The van der Waals surface area contributed by atoms with E-state index in [1.807, 2.05) is 6.07 Å². The summed E-state index contributed by atoms with van der Waals surface area (Å²) < 4.78 is 0. The van der Waals surface area contributed by atoms with Crippen LogP contribution in [0.25, 0.3) is 0 Å². The van der Waals surface area contributed by atoms with Crippen LogP contribution in [-0.2, 0) is 0 Å². The molecular formula is C12H19N3O. The second kappa shape index (κ2) is 5.27. The van der Waals surface area contributed by atoms with E-state index in [2.05, 4.69) is 10.3 Å². The number of hydrogen-bond donors (Lipinski definition) is 3. The lowest BCUT2D eigenvalue weighted by molar-refractivity contribution is 0.0979. The van der Waals surface area contributed by atoms with Crippen molar-refractivity contribution in [2.24, 2.45) is 5.73 Å². The van der Waals surface area contributed by atoms with Crippen LogP contribution in [0, 0.1) is 0 Å². The maximum atomic E-state index is 11.7. The number of ketones is 1. The number of rotatable bonds is 4. The number of Topliss-reactive ketones (excluding diaryl/α,β-unsaturated/α-hetero) is 1. The first kappa shape index (κ1) is 11.4. The molecule has 1 fully saturated rings. The number of hydrogen-bond acceptors (Lipinski definition) is 3. The number of aromatic amines is 1. The van der Waals surface area contributed by atoms with Gasteiger partial charge in [-0.3, -0.25) is 4.79 Å². The topological polar surface area (TPSA) is 70.9 Å². The molecule has 1 heterocycles. The van der Waals surface area contributed by atoms with E-state index in [-0.39, 0.29) is 11.8 Å². The minimum atomic E-state index is 0.0998. The summed E-state index contributed by atoms with van der Waals surface area (Å²) in [7, 11) is 0. The zero-order valence-corrected chi connectivity index (χ0v) is 9.41. The number of carbonyl (C=O) groups is 1. The van der Waals surface area contributed by atoms with Crippen LogP contribution >= 0.6 is 0 Å². The fourth-order valence-electron chi connectivity index (χ4n) is 2.24. The molecule has 1 saturated carbocycles. The summed E-state index contributed by atoms with van der Waals surface area (Å²) in [6.07, 6.45) is 6.33. The van der Waals surface area contributed by atoms with Gasteiger partial charge in [-0.2, -0.15) is 0 Å². The highest BCUT2D eigenvalue weighted by Gasteiger charge is 2.21. The molecular weight excluding hydrogens is 202 g/mol. The van der Waals surface area contributed by atoms with E-state index < -0.39 is 0 Å². The van der Waals surface area contributed by atoms with Crippen molar-refractivity contribution in [2.75, 3.05) is 6.54 Å². The van der Waals surface area contributed by atoms with E-state index in [0.29, 0.717) is 18.3 Å². The van der Waals surface area contributed by atoms with Crippen molar-refractivity contribution in [3.63, 3.8) is 0 Å². The van der Waals surface area contributed by atoms with Gasteiger partial charge in [-0.15, -0.1) is 0 Å². The lowest BCUT2D eigenvalue weighted by atomic mass is 9.91.